The maximum Gasteiger partial charge on any atom is 0.164 e. The van der Waals surface area contributed by atoms with Gasteiger partial charge in [0.15, 0.2) is 17.5 Å². The first-order valence-electron chi connectivity index (χ1n) is 13.1. The lowest BCUT2D eigenvalue weighted by Crippen LogP contribution is -2.01. The molecule has 0 saturated heterocycles. The van der Waals surface area contributed by atoms with Gasteiger partial charge in [0.2, 0.25) is 0 Å². The molecule has 0 aliphatic rings. The molecule has 39 heavy (non-hydrogen) atoms. The van der Waals surface area contributed by atoms with E-state index in [-0.39, 0.29) is 0 Å². The molecule has 0 N–H and O–H groups in total. The van der Waals surface area contributed by atoms with Crippen LogP contribution < -0.4 is 0 Å². The van der Waals surface area contributed by atoms with Gasteiger partial charge in [-0.05, 0) is 53.1 Å². The van der Waals surface area contributed by atoms with Gasteiger partial charge < -0.3 is 0 Å². The number of hydrogen-bond acceptors (Lipinski definition) is 4. The van der Waals surface area contributed by atoms with Crippen molar-refractivity contribution >= 4 is 49.0 Å². The Bertz CT molecular complexity index is 2030. The Hall–Kier alpha value is -4.67. The summed E-state index contributed by atoms with van der Waals surface area (Å²) in [5.41, 5.74) is 4.26. The van der Waals surface area contributed by atoms with E-state index in [1.165, 1.54) is 25.9 Å². The highest BCUT2D eigenvalue weighted by molar-refractivity contribution is 7.19. The molecule has 5 aromatic carbocycles. The number of benzene rings is 5. The number of allylic oxidation sites excluding steroid dienone is 1. The Morgan fingerprint density at radius 3 is 2.00 bits per heavy atom. The first kappa shape index (κ1) is 23.4. The summed E-state index contributed by atoms with van der Waals surface area (Å²) >= 11 is 1.84. The Morgan fingerprint density at radius 2 is 1.23 bits per heavy atom. The summed E-state index contributed by atoms with van der Waals surface area (Å²) in [7, 11) is 0. The molecular weight excluding hydrogens is 494 g/mol. The quantitative estimate of drug-likeness (QED) is 0.232. The lowest BCUT2D eigenvalue weighted by molar-refractivity contribution is 1.08. The van der Waals surface area contributed by atoms with Crippen molar-refractivity contribution in [2.45, 2.75) is 13.8 Å². The van der Waals surface area contributed by atoms with E-state index in [0.29, 0.717) is 17.5 Å². The number of fused-ring (bicyclic) bond motifs is 3. The molecule has 3 nitrogen and oxygen atoms in total. The third kappa shape index (κ3) is 4.10. The molecule has 4 heteroatoms. The predicted octanol–water partition coefficient (Wildman–Crippen LogP) is 9.74. The van der Waals surface area contributed by atoms with Crippen molar-refractivity contribution in [3.63, 3.8) is 0 Å². The average molecular weight is 520 g/mol. The first-order valence-corrected chi connectivity index (χ1v) is 13.9. The zero-order chi connectivity index (χ0) is 26.3. The largest absolute Gasteiger partial charge is 0.208 e. The van der Waals surface area contributed by atoms with E-state index in [4.69, 9.17) is 15.0 Å². The fourth-order valence-corrected chi connectivity index (χ4v) is 6.41. The fraction of sp³-hybridized carbons (Fsp3) is 0.0571. The summed E-state index contributed by atoms with van der Waals surface area (Å²) in [6.45, 7) is 4.26. The third-order valence-corrected chi connectivity index (χ3v) is 8.27. The number of aromatic nitrogens is 3. The molecule has 0 saturated carbocycles. The zero-order valence-corrected chi connectivity index (χ0v) is 22.5. The number of hydrogen-bond donors (Lipinski definition) is 0. The summed E-state index contributed by atoms with van der Waals surface area (Å²) in [5.74, 6) is 2.02. The lowest BCUT2D eigenvalue weighted by Gasteiger charge is -2.12. The molecule has 0 aliphatic heterocycles. The van der Waals surface area contributed by atoms with Gasteiger partial charge in [-0.25, -0.2) is 15.0 Å². The van der Waals surface area contributed by atoms with Crippen molar-refractivity contribution in [2.75, 3.05) is 0 Å². The monoisotopic (exact) mass is 519 g/mol. The van der Waals surface area contributed by atoms with E-state index in [9.17, 15) is 0 Å². The van der Waals surface area contributed by atoms with Crippen LogP contribution in [0.25, 0.3) is 71.9 Å². The molecule has 0 fully saturated rings. The second-order valence-electron chi connectivity index (χ2n) is 9.65. The van der Waals surface area contributed by atoms with E-state index in [1.807, 2.05) is 29.5 Å². The Kier molecular flexibility index (Phi) is 5.75. The normalized spacial score (nSPS) is 11.7. The molecule has 2 aromatic heterocycles. The summed E-state index contributed by atoms with van der Waals surface area (Å²) in [6, 6.07) is 35.8. The molecule has 0 aliphatic carbocycles. The van der Waals surface area contributed by atoms with E-state index < -0.39 is 0 Å². The van der Waals surface area contributed by atoms with Crippen LogP contribution in [0.3, 0.4) is 0 Å². The zero-order valence-electron chi connectivity index (χ0n) is 21.7. The van der Waals surface area contributed by atoms with Gasteiger partial charge in [0.1, 0.15) is 0 Å². The lowest BCUT2D eigenvalue weighted by atomic mass is 10.00. The van der Waals surface area contributed by atoms with Gasteiger partial charge in [-0.1, -0.05) is 103 Å². The van der Waals surface area contributed by atoms with Gasteiger partial charge in [0.25, 0.3) is 0 Å². The fourth-order valence-electron chi connectivity index (χ4n) is 5.33. The van der Waals surface area contributed by atoms with Gasteiger partial charge in [-0.15, -0.1) is 11.3 Å². The van der Waals surface area contributed by atoms with Crippen LogP contribution >= 0.6 is 11.3 Å². The molecule has 7 rings (SSSR count). The van der Waals surface area contributed by atoms with Crippen molar-refractivity contribution < 1.29 is 0 Å². The summed E-state index contributed by atoms with van der Waals surface area (Å²) in [4.78, 5) is 16.5. The highest BCUT2D eigenvalue weighted by Crippen LogP contribution is 2.38. The van der Waals surface area contributed by atoms with Gasteiger partial charge in [-0.2, -0.15) is 0 Å². The highest BCUT2D eigenvalue weighted by Gasteiger charge is 2.17. The summed E-state index contributed by atoms with van der Waals surface area (Å²) < 4.78 is 1.29. The van der Waals surface area contributed by atoms with E-state index in [1.54, 1.807) is 0 Å². The molecule has 0 bridgehead atoms. The maximum absolute atomic E-state index is 5.11. The van der Waals surface area contributed by atoms with Crippen LogP contribution in [0.5, 0.6) is 0 Å². The van der Waals surface area contributed by atoms with Gasteiger partial charge >= 0.3 is 0 Å². The summed E-state index contributed by atoms with van der Waals surface area (Å²) in [6.07, 6.45) is 4.32. The van der Waals surface area contributed by atoms with Crippen LogP contribution in [0.15, 0.2) is 109 Å². The molecular formula is C35H25N3S. The van der Waals surface area contributed by atoms with Crippen LogP contribution in [0.1, 0.15) is 17.4 Å². The standard InChI is InChI=1S/C35H25N3S/c1-3-11-26-22(2)39-32-20-25-16-10-19-29(30(25)21-31(26)32)35-37-33(24-13-5-4-6-14-24)36-34(38-35)28-18-9-15-23-12-7-8-17-27(23)28/h3-21H,1-2H3/b11-3-. The second-order valence-corrected chi connectivity index (χ2v) is 10.9. The highest BCUT2D eigenvalue weighted by atomic mass is 32.1. The molecule has 0 radical (unpaired) electrons. The van der Waals surface area contributed by atoms with Crippen molar-refractivity contribution in [2.24, 2.45) is 0 Å². The Balaban J connectivity index is 1.52. The molecule has 0 unspecified atom stereocenters. The van der Waals surface area contributed by atoms with Crippen LogP contribution in [0, 0.1) is 6.92 Å². The molecule has 2 heterocycles. The number of aryl methyl sites for hydroxylation is 1. The van der Waals surface area contributed by atoms with Crippen LogP contribution in [0.4, 0.5) is 0 Å². The maximum atomic E-state index is 5.11. The van der Waals surface area contributed by atoms with E-state index in [2.05, 4.69) is 111 Å². The average Bonchev–Trinajstić information content (AvgIpc) is 3.29. The first-order chi connectivity index (χ1) is 19.2. The SMILES string of the molecule is C/C=C\c1c(C)sc2cc3cccc(-c4nc(-c5ccccc5)nc(-c5cccc6ccccc56)n4)c3cc12. The van der Waals surface area contributed by atoms with Gasteiger partial charge in [0, 0.05) is 31.7 Å². The second kappa shape index (κ2) is 9.57. The molecule has 0 atom stereocenters. The Labute approximate surface area is 231 Å². The minimum atomic E-state index is 0.669. The molecule has 0 spiro atoms. The van der Waals surface area contributed by atoms with Crippen LogP contribution in [-0.4, -0.2) is 15.0 Å². The van der Waals surface area contributed by atoms with Crippen molar-refractivity contribution in [3.05, 3.63) is 120 Å². The smallest absolute Gasteiger partial charge is 0.164 e. The molecule has 186 valence electrons. The van der Waals surface area contributed by atoms with E-state index in [0.717, 1.165) is 32.8 Å². The minimum Gasteiger partial charge on any atom is -0.208 e. The van der Waals surface area contributed by atoms with Gasteiger partial charge in [-0.3, -0.25) is 0 Å². The van der Waals surface area contributed by atoms with Crippen LogP contribution in [-0.2, 0) is 0 Å². The number of rotatable bonds is 4. The minimum absolute atomic E-state index is 0.669. The topological polar surface area (TPSA) is 38.7 Å². The third-order valence-electron chi connectivity index (χ3n) is 7.19. The van der Waals surface area contributed by atoms with Gasteiger partial charge in [0.05, 0.1) is 0 Å². The van der Waals surface area contributed by atoms with Crippen molar-refractivity contribution in [1.82, 2.24) is 15.0 Å². The van der Waals surface area contributed by atoms with Crippen molar-refractivity contribution in [1.29, 1.82) is 0 Å². The Morgan fingerprint density at radius 1 is 0.590 bits per heavy atom. The van der Waals surface area contributed by atoms with E-state index >= 15 is 0 Å². The molecule has 0 amide bonds. The number of thiophene rings is 1. The predicted molar refractivity (Wildman–Crippen MR) is 166 cm³/mol. The van der Waals surface area contributed by atoms with Crippen molar-refractivity contribution in [3.8, 4) is 34.2 Å². The summed E-state index contributed by atoms with van der Waals surface area (Å²) in [5, 5.41) is 5.88. The number of nitrogens with zero attached hydrogens (tertiary/aromatic N) is 3. The van der Waals surface area contributed by atoms with Crippen LogP contribution in [0.2, 0.25) is 0 Å². The molecule has 7 aromatic rings.